The maximum atomic E-state index is 5.80. The lowest BCUT2D eigenvalue weighted by molar-refractivity contribution is 0.337. The molecular formula is C14H21N3. The first-order valence-corrected chi connectivity index (χ1v) is 6.65. The predicted octanol–water partition coefficient (Wildman–Crippen LogP) is 2.54. The number of aromatic nitrogens is 1. The van der Waals surface area contributed by atoms with Crippen molar-refractivity contribution in [1.82, 2.24) is 4.98 Å². The highest BCUT2D eigenvalue weighted by molar-refractivity contribution is 5.49. The van der Waals surface area contributed by atoms with Crippen molar-refractivity contribution >= 4 is 11.5 Å². The van der Waals surface area contributed by atoms with E-state index in [2.05, 4.69) is 16.9 Å². The summed E-state index contributed by atoms with van der Waals surface area (Å²) in [5.74, 6) is 3.88. The van der Waals surface area contributed by atoms with Crippen LogP contribution < -0.4 is 10.6 Å². The molecule has 0 spiro atoms. The first kappa shape index (κ1) is 10.9. The van der Waals surface area contributed by atoms with Crippen LogP contribution in [0.2, 0.25) is 0 Å². The summed E-state index contributed by atoms with van der Waals surface area (Å²) in [7, 11) is 2.13. The zero-order chi connectivity index (χ0) is 11.8. The van der Waals surface area contributed by atoms with Crippen LogP contribution in [0.3, 0.4) is 0 Å². The number of nitrogen functional groups attached to an aromatic ring is 1. The van der Waals surface area contributed by atoms with E-state index in [4.69, 9.17) is 5.73 Å². The summed E-state index contributed by atoms with van der Waals surface area (Å²) >= 11 is 0. The van der Waals surface area contributed by atoms with E-state index in [0.29, 0.717) is 0 Å². The Kier molecular flexibility index (Phi) is 2.69. The Morgan fingerprint density at radius 1 is 1.41 bits per heavy atom. The van der Waals surface area contributed by atoms with Crippen molar-refractivity contribution in [3.63, 3.8) is 0 Å². The molecule has 2 aliphatic rings. The monoisotopic (exact) mass is 231 g/mol. The molecule has 0 amide bonds. The largest absolute Gasteiger partial charge is 0.399 e. The number of rotatable bonds is 3. The molecule has 2 bridgehead atoms. The lowest BCUT2D eigenvalue weighted by Crippen LogP contribution is -2.29. The second-order valence-corrected chi connectivity index (χ2v) is 5.76. The van der Waals surface area contributed by atoms with Crippen LogP contribution in [-0.4, -0.2) is 18.6 Å². The Morgan fingerprint density at radius 2 is 2.29 bits per heavy atom. The second kappa shape index (κ2) is 4.21. The summed E-state index contributed by atoms with van der Waals surface area (Å²) in [6, 6.07) is 3.81. The van der Waals surface area contributed by atoms with Gasteiger partial charge in [-0.1, -0.05) is 6.42 Å². The number of hydrogen-bond acceptors (Lipinski definition) is 3. The van der Waals surface area contributed by atoms with Gasteiger partial charge >= 0.3 is 0 Å². The van der Waals surface area contributed by atoms with Crippen molar-refractivity contribution in [1.29, 1.82) is 0 Å². The van der Waals surface area contributed by atoms with E-state index in [-0.39, 0.29) is 0 Å². The van der Waals surface area contributed by atoms with Crippen molar-refractivity contribution in [2.24, 2.45) is 17.8 Å². The fraction of sp³-hybridized carbons (Fsp3) is 0.643. The van der Waals surface area contributed by atoms with Gasteiger partial charge in [0.25, 0.3) is 0 Å². The van der Waals surface area contributed by atoms with Gasteiger partial charge in [-0.05, 0) is 43.1 Å². The summed E-state index contributed by atoms with van der Waals surface area (Å²) < 4.78 is 0. The van der Waals surface area contributed by atoms with Gasteiger partial charge in [-0.3, -0.25) is 0 Å². The minimum absolute atomic E-state index is 0.801. The molecule has 3 atom stereocenters. The smallest absolute Gasteiger partial charge is 0.130 e. The highest BCUT2D eigenvalue weighted by Crippen LogP contribution is 2.48. The van der Waals surface area contributed by atoms with Gasteiger partial charge in [0.1, 0.15) is 5.82 Å². The van der Waals surface area contributed by atoms with Crippen LogP contribution in [0.5, 0.6) is 0 Å². The second-order valence-electron chi connectivity index (χ2n) is 5.76. The fourth-order valence-corrected chi connectivity index (χ4v) is 3.69. The minimum Gasteiger partial charge on any atom is -0.399 e. The topological polar surface area (TPSA) is 42.1 Å². The van der Waals surface area contributed by atoms with Gasteiger partial charge in [0, 0.05) is 31.5 Å². The van der Waals surface area contributed by atoms with E-state index in [1.54, 1.807) is 6.20 Å². The molecule has 2 N–H and O–H groups in total. The van der Waals surface area contributed by atoms with Crippen LogP contribution in [-0.2, 0) is 0 Å². The van der Waals surface area contributed by atoms with Gasteiger partial charge in [-0.2, -0.15) is 0 Å². The number of hydrogen-bond donors (Lipinski definition) is 1. The predicted molar refractivity (Wildman–Crippen MR) is 70.9 cm³/mol. The quantitative estimate of drug-likeness (QED) is 0.869. The highest BCUT2D eigenvalue weighted by atomic mass is 15.2. The van der Waals surface area contributed by atoms with E-state index in [1.807, 2.05) is 12.1 Å². The molecule has 92 valence electrons. The SMILES string of the molecule is CN(CC1CC2CCC1C2)c1cc(N)ccn1. The summed E-state index contributed by atoms with van der Waals surface area (Å²) in [6.45, 7) is 1.14. The molecule has 1 heterocycles. The van der Waals surface area contributed by atoms with Crippen molar-refractivity contribution in [2.75, 3.05) is 24.2 Å². The zero-order valence-corrected chi connectivity index (χ0v) is 10.5. The Morgan fingerprint density at radius 3 is 2.94 bits per heavy atom. The van der Waals surface area contributed by atoms with E-state index >= 15 is 0 Å². The molecule has 17 heavy (non-hydrogen) atoms. The lowest BCUT2D eigenvalue weighted by Gasteiger charge is -2.27. The van der Waals surface area contributed by atoms with Crippen molar-refractivity contribution in [2.45, 2.75) is 25.7 Å². The Hall–Kier alpha value is -1.25. The number of nitrogens with zero attached hydrogens (tertiary/aromatic N) is 2. The van der Waals surface area contributed by atoms with Crippen molar-refractivity contribution in [3.8, 4) is 0 Å². The van der Waals surface area contributed by atoms with Gasteiger partial charge in [0.2, 0.25) is 0 Å². The third-order valence-electron chi connectivity index (χ3n) is 4.55. The molecule has 3 heteroatoms. The molecule has 3 rings (SSSR count). The highest BCUT2D eigenvalue weighted by Gasteiger charge is 2.39. The standard InChI is InChI=1S/C14H21N3/c1-17(14-8-13(15)4-5-16-14)9-12-7-10-2-3-11(12)6-10/h4-5,8,10-12H,2-3,6-7,9H2,1H3,(H2,15,16). The molecule has 3 nitrogen and oxygen atoms in total. The van der Waals surface area contributed by atoms with Crippen LogP contribution in [0.25, 0.3) is 0 Å². The molecule has 0 aliphatic heterocycles. The Labute approximate surface area is 103 Å². The molecule has 0 radical (unpaired) electrons. The molecule has 3 unspecified atom stereocenters. The number of fused-ring (bicyclic) bond motifs is 2. The number of anilines is 2. The summed E-state index contributed by atoms with van der Waals surface area (Å²) in [4.78, 5) is 6.66. The third kappa shape index (κ3) is 2.11. The van der Waals surface area contributed by atoms with Crippen LogP contribution in [0, 0.1) is 17.8 Å². The summed E-state index contributed by atoms with van der Waals surface area (Å²) in [5.41, 5.74) is 6.60. The van der Waals surface area contributed by atoms with Gasteiger partial charge in [0.05, 0.1) is 0 Å². The zero-order valence-electron chi connectivity index (χ0n) is 10.5. The molecule has 0 aromatic carbocycles. The summed E-state index contributed by atoms with van der Waals surface area (Å²) in [6.07, 6.45) is 7.62. The van der Waals surface area contributed by atoms with Crippen LogP contribution in [0.15, 0.2) is 18.3 Å². The van der Waals surface area contributed by atoms with E-state index in [9.17, 15) is 0 Å². The first-order valence-electron chi connectivity index (χ1n) is 6.65. The first-order chi connectivity index (χ1) is 8.22. The lowest BCUT2D eigenvalue weighted by atomic mass is 9.88. The molecule has 1 aromatic rings. The summed E-state index contributed by atoms with van der Waals surface area (Å²) in [5, 5.41) is 0. The number of nitrogens with two attached hydrogens (primary N) is 1. The normalized spacial score (nSPS) is 30.8. The van der Waals surface area contributed by atoms with Crippen LogP contribution >= 0.6 is 0 Å². The molecular weight excluding hydrogens is 210 g/mol. The van der Waals surface area contributed by atoms with E-state index in [0.717, 1.165) is 35.8 Å². The maximum absolute atomic E-state index is 5.80. The molecule has 0 saturated heterocycles. The van der Waals surface area contributed by atoms with Crippen LogP contribution in [0.1, 0.15) is 25.7 Å². The van der Waals surface area contributed by atoms with Gasteiger partial charge in [-0.25, -0.2) is 4.98 Å². The fourth-order valence-electron chi connectivity index (χ4n) is 3.69. The molecule has 2 aliphatic carbocycles. The maximum Gasteiger partial charge on any atom is 0.130 e. The molecule has 2 fully saturated rings. The van der Waals surface area contributed by atoms with Gasteiger partial charge in [0.15, 0.2) is 0 Å². The Balaban J connectivity index is 1.65. The third-order valence-corrected chi connectivity index (χ3v) is 4.55. The average Bonchev–Trinajstić information content (AvgIpc) is 2.91. The van der Waals surface area contributed by atoms with Crippen molar-refractivity contribution < 1.29 is 0 Å². The van der Waals surface area contributed by atoms with E-state index < -0.39 is 0 Å². The number of pyridine rings is 1. The van der Waals surface area contributed by atoms with E-state index in [1.165, 1.54) is 25.7 Å². The molecule has 1 aromatic heterocycles. The van der Waals surface area contributed by atoms with Crippen molar-refractivity contribution in [3.05, 3.63) is 18.3 Å². The molecule has 2 saturated carbocycles. The Bertz CT molecular complexity index is 404. The minimum atomic E-state index is 0.801. The van der Waals surface area contributed by atoms with Gasteiger partial charge in [-0.15, -0.1) is 0 Å². The van der Waals surface area contributed by atoms with Gasteiger partial charge < -0.3 is 10.6 Å². The average molecular weight is 231 g/mol. The van der Waals surface area contributed by atoms with Crippen LogP contribution in [0.4, 0.5) is 11.5 Å².